The molecule has 586 valence electrons. The Kier molecular flexibility index (Phi) is 24.5. The molecule has 30 heteroatoms. The lowest BCUT2D eigenvalue weighted by Crippen LogP contribution is -2.58. The Hall–Kier alpha value is -10.8. The smallest absolute Gasteiger partial charge is 0.356 e. The molecule has 3 amide bonds. The molecular formula is C83H86Cl4FN17O7S. The van der Waals surface area contributed by atoms with Gasteiger partial charge in [-0.3, -0.25) is 19.4 Å². The summed E-state index contributed by atoms with van der Waals surface area (Å²) in [6, 6.07) is 23.7. The van der Waals surface area contributed by atoms with Crippen molar-refractivity contribution in [1.82, 2.24) is 68.3 Å². The zero-order chi connectivity index (χ0) is 81.5. The quantitative estimate of drug-likeness (QED) is 0.0992. The monoisotopic (exact) mass is 1620 g/mol. The molecule has 0 spiro atoms. The second-order valence-electron chi connectivity index (χ2n) is 28.9. The molecule has 11 aromatic rings. The van der Waals surface area contributed by atoms with Crippen molar-refractivity contribution < 1.29 is 23.9 Å². The molecule has 3 aliphatic heterocycles. The highest BCUT2D eigenvalue weighted by Gasteiger charge is 2.37. The van der Waals surface area contributed by atoms with Crippen molar-refractivity contribution in [2.24, 2.45) is 0 Å². The molecule has 3 aliphatic rings. The van der Waals surface area contributed by atoms with E-state index < -0.39 is 22.9 Å². The van der Waals surface area contributed by atoms with Gasteiger partial charge in [-0.25, -0.2) is 52.4 Å². The molecule has 3 aromatic carbocycles. The molecule has 0 unspecified atom stereocenters. The van der Waals surface area contributed by atoms with Crippen LogP contribution in [0.25, 0.3) is 72.0 Å². The average Bonchev–Trinajstić information content (AvgIpc) is 1.36. The number of hydrogen-bond donors (Lipinski definition) is 1. The summed E-state index contributed by atoms with van der Waals surface area (Å²) in [5.74, 6) is 0.778. The molecule has 0 saturated carbocycles. The maximum atomic E-state index is 14.7. The number of anilines is 3. The molecule has 0 radical (unpaired) electrons. The van der Waals surface area contributed by atoms with Crippen LogP contribution in [-0.4, -0.2) is 168 Å². The van der Waals surface area contributed by atoms with Crippen molar-refractivity contribution in [3.63, 3.8) is 0 Å². The first-order valence-corrected chi connectivity index (χ1v) is 39.4. The fraction of sp³-hybridized carbons (Fsp3) is 0.325. The van der Waals surface area contributed by atoms with Crippen molar-refractivity contribution in [3.05, 3.63) is 226 Å². The second-order valence-corrected chi connectivity index (χ2v) is 31.3. The summed E-state index contributed by atoms with van der Waals surface area (Å²) in [4.78, 5) is 126. The van der Waals surface area contributed by atoms with E-state index in [1.54, 1.807) is 74.3 Å². The summed E-state index contributed by atoms with van der Waals surface area (Å²) in [5.41, 5.74) is 8.72. The number of nitrogens with zero attached hydrogens (tertiary/aromatic N) is 17. The summed E-state index contributed by atoms with van der Waals surface area (Å²) in [6.45, 7) is 38.2. The Bertz CT molecular complexity index is 5820. The van der Waals surface area contributed by atoms with Gasteiger partial charge in [0.15, 0.2) is 16.9 Å². The second kappa shape index (κ2) is 33.9. The van der Waals surface area contributed by atoms with Gasteiger partial charge in [-0.15, -0.1) is 11.3 Å². The summed E-state index contributed by atoms with van der Waals surface area (Å²) in [7, 11) is 0. The van der Waals surface area contributed by atoms with Gasteiger partial charge in [0, 0.05) is 93.8 Å². The number of fused-ring (bicyclic) bond motifs is 3. The standard InChI is InChI=1S/C31H31Cl2N5O3.C26H24ClFN6O2S.C26H31ClN6O2/c1-6-26(40)36-11-12-37(19(5)16-36)29-23-15-24(32)28(22-14-20(39)13-18(4)27(22)33)34-30(23)38(31(41)35-29)25-10-8-7-9-21(25)17(2)3;1-4-20-25(37-14-29-20)34-24-17(12-18(27)22(30-24)16-8-6-7-9-19(16)28)23(31-26(34)36)33-11-10-32(13-15(33)3)21(35)5-2;1-8-21(34)31-12-16(5)32(17(6)13-31)25-19-11-20(27)18(7)29-24(19)33(26(35)30-25)23-15(4)9-10-28-22(23)14(2)3/h6-10,13-15,17,19,39H,1,11-12,16H2,2-5H3;5-9,12,14-15H,2,4,10-11,13H2,1,3H3;8-11,14,16-17H,1,12-13H2,2-7H3/t19-;15-;16-,17-/m001/s1. The number of piperazine rings is 3. The van der Waals surface area contributed by atoms with Gasteiger partial charge in [-0.05, 0) is 156 Å². The number of phenols is 1. The number of carbonyl (C=O) groups excluding carboxylic acids is 3. The van der Waals surface area contributed by atoms with Crippen molar-refractivity contribution in [1.29, 1.82) is 0 Å². The maximum Gasteiger partial charge on any atom is 0.356 e. The SMILES string of the molecule is C=CC(=O)N1CCN(c2nc(=O)n(-c3ccccc3C(C)C)c3nc(-c4cc(O)cc(C)c4Cl)c(Cl)cc23)[C@@H](C)C1.C=CC(=O)N1CCN(c2nc(=O)n(-c3scnc3CC)c3nc(-c4ccccc4F)c(Cl)cc23)[C@@H](C)C1.C=CC(=O)N1C[C@@H](C)N(c2nc(=O)n(-c3c(C)ccnc3C(C)C)c3nc(C)c(Cl)cc23)[C@H](C)C1. The van der Waals surface area contributed by atoms with Crippen molar-refractivity contribution in [2.45, 2.75) is 126 Å². The van der Waals surface area contributed by atoms with E-state index >= 15 is 0 Å². The van der Waals surface area contributed by atoms with E-state index in [4.69, 9.17) is 61.4 Å². The Morgan fingerprint density at radius 3 is 1.62 bits per heavy atom. The number of rotatable bonds is 14. The first-order valence-electron chi connectivity index (χ1n) is 37.0. The van der Waals surface area contributed by atoms with Crippen molar-refractivity contribution in [2.75, 3.05) is 67.1 Å². The molecule has 0 aliphatic carbocycles. The van der Waals surface area contributed by atoms with E-state index in [9.17, 15) is 38.3 Å². The minimum Gasteiger partial charge on any atom is -0.508 e. The molecule has 3 saturated heterocycles. The first kappa shape index (κ1) is 81.7. The Morgan fingerprint density at radius 2 is 1.06 bits per heavy atom. The molecule has 14 rings (SSSR count). The van der Waals surface area contributed by atoms with Gasteiger partial charge in [0.1, 0.15) is 34.0 Å². The van der Waals surface area contributed by atoms with Gasteiger partial charge in [0.2, 0.25) is 17.7 Å². The Balaban J connectivity index is 0.000000158. The third-order valence-corrected chi connectivity index (χ3v) is 22.8. The van der Waals surface area contributed by atoms with Crippen LogP contribution < -0.4 is 31.8 Å². The van der Waals surface area contributed by atoms with Crippen LogP contribution in [0.15, 0.2) is 149 Å². The number of thiazole rings is 1. The number of benzene rings is 3. The Morgan fingerprint density at radius 1 is 0.566 bits per heavy atom. The number of para-hydroxylation sites is 1. The predicted molar refractivity (Wildman–Crippen MR) is 449 cm³/mol. The molecule has 113 heavy (non-hydrogen) atoms. The summed E-state index contributed by atoms with van der Waals surface area (Å²) >= 11 is 28.1. The minimum atomic E-state index is -0.521. The number of carbonyl (C=O) groups is 3. The summed E-state index contributed by atoms with van der Waals surface area (Å²) in [6.07, 6.45) is 6.30. The number of aromatic nitrogens is 11. The zero-order valence-corrected chi connectivity index (χ0v) is 68.6. The van der Waals surface area contributed by atoms with Crippen LogP contribution in [0.2, 0.25) is 20.1 Å². The summed E-state index contributed by atoms with van der Waals surface area (Å²) in [5, 5.41) is 14.2. The number of amides is 3. The Labute approximate surface area is 676 Å². The number of hydrogen-bond acceptors (Lipinski definition) is 19. The van der Waals surface area contributed by atoms with Gasteiger partial charge < -0.3 is 34.5 Å². The summed E-state index contributed by atoms with van der Waals surface area (Å²) < 4.78 is 19.2. The van der Waals surface area contributed by atoms with Crippen LogP contribution in [0.3, 0.4) is 0 Å². The zero-order valence-electron chi connectivity index (χ0n) is 64.7. The molecule has 1 N–H and O–H groups in total. The normalized spacial score (nSPS) is 16.5. The highest BCUT2D eigenvalue weighted by atomic mass is 35.5. The van der Waals surface area contributed by atoms with Crippen LogP contribution >= 0.6 is 57.7 Å². The molecule has 24 nitrogen and oxygen atoms in total. The van der Waals surface area contributed by atoms with Crippen LogP contribution in [0.4, 0.5) is 21.8 Å². The molecule has 4 atom stereocenters. The molecule has 8 aromatic heterocycles. The highest BCUT2D eigenvalue weighted by Crippen LogP contribution is 2.42. The molecule has 3 fully saturated rings. The van der Waals surface area contributed by atoms with E-state index in [2.05, 4.69) is 63.4 Å². The fourth-order valence-corrected chi connectivity index (χ4v) is 16.7. The van der Waals surface area contributed by atoms with E-state index in [1.165, 1.54) is 50.8 Å². The lowest BCUT2D eigenvalue weighted by Gasteiger charge is -2.45. The van der Waals surface area contributed by atoms with Crippen LogP contribution in [0.5, 0.6) is 5.75 Å². The van der Waals surface area contributed by atoms with Crippen molar-refractivity contribution in [3.8, 4) is 44.6 Å². The predicted octanol–water partition coefficient (Wildman–Crippen LogP) is 14.8. The fourth-order valence-electron chi connectivity index (χ4n) is 15.0. The van der Waals surface area contributed by atoms with Crippen LogP contribution in [0, 0.1) is 26.6 Å². The third-order valence-electron chi connectivity index (χ3n) is 20.5. The molecule has 0 bridgehead atoms. The van der Waals surface area contributed by atoms with Gasteiger partial charge in [-0.1, -0.05) is 131 Å². The number of aromatic hydroxyl groups is 1. The van der Waals surface area contributed by atoms with Crippen molar-refractivity contribution >= 4 is 126 Å². The van der Waals surface area contributed by atoms with E-state index in [0.717, 1.165) is 22.5 Å². The van der Waals surface area contributed by atoms with Gasteiger partial charge in [-0.2, -0.15) is 15.0 Å². The molecule has 11 heterocycles. The largest absolute Gasteiger partial charge is 0.508 e. The average molecular weight is 1630 g/mol. The topological polar surface area (TPSA) is 260 Å². The van der Waals surface area contributed by atoms with Crippen LogP contribution in [0.1, 0.15) is 108 Å². The number of pyridine rings is 4. The number of halogens is 5. The van der Waals surface area contributed by atoms with E-state index in [0.29, 0.717) is 163 Å². The third kappa shape index (κ3) is 16.0. The number of phenolic OH excluding ortho intramolecular Hbond substituents is 1. The lowest BCUT2D eigenvalue weighted by molar-refractivity contribution is -0.127. The van der Waals surface area contributed by atoms with Gasteiger partial charge >= 0.3 is 17.1 Å². The van der Waals surface area contributed by atoms with Gasteiger partial charge in [0.25, 0.3) is 0 Å². The minimum absolute atomic E-state index is 0.0265. The maximum absolute atomic E-state index is 14.7. The number of aryl methyl sites for hydroxylation is 4. The first-order chi connectivity index (χ1) is 53.9. The lowest BCUT2D eigenvalue weighted by atomic mass is 10.0. The van der Waals surface area contributed by atoms with Gasteiger partial charge in [0.05, 0.1) is 81.6 Å². The molecular weight excluding hydrogens is 1540 g/mol. The van der Waals surface area contributed by atoms with E-state index in [-0.39, 0.29) is 75.8 Å². The van der Waals surface area contributed by atoms with Crippen LogP contribution in [-0.2, 0) is 20.8 Å². The highest BCUT2D eigenvalue weighted by molar-refractivity contribution is 7.12. The van der Waals surface area contributed by atoms with E-state index in [1.807, 2.05) is 109 Å².